The Kier molecular flexibility index (Phi) is 4.31. The molecule has 0 fully saturated rings. The first-order valence-electron chi connectivity index (χ1n) is 4.31. The number of ether oxygens (including phenoxy) is 1. The molecule has 0 unspecified atom stereocenters. The van der Waals surface area contributed by atoms with Crippen molar-refractivity contribution in [2.45, 2.75) is 0 Å². The van der Waals surface area contributed by atoms with Gasteiger partial charge in [0.15, 0.2) is 0 Å². The minimum Gasteiger partial charge on any atom is -0.507 e. The minimum absolute atomic E-state index is 0. The molecule has 73 valence electrons. The topological polar surface area (TPSA) is 29.5 Å². The van der Waals surface area contributed by atoms with Gasteiger partial charge >= 0.3 is 0 Å². The van der Waals surface area contributed by atoms with Gasteiger partial charge in [-0.1, -0.05) is 30.8 Å². The fourth-order valence-electron chi connectivity index (χ4n) is 1.46. The molecule has 0 aliphatic carbocycles. The molecule has 0 aliphatic heterocycles. The van der Waals surface area contributed by atoms with E-state index in [9.17, 15) is 5.11 Å². The zero-order valence-electron chi connectivity index (χ0n) is 8.18. The molecular weight excluding hydrogens is 265 g/mol. The maximum atomic E-state index is 9.58. The maximum absolute atomic E-state index is 9.58. The van der Waals surface area contributed by atoms with Crippen LogP contribution < -0.4 is 4.74 Å². The standard InChI is InChI=1S/C12H10O2.Y/c1-2-14-12-8-4-5-9-10(12)6-3-7-11(9)13;/h2-8,13H,1H2;. The van der Waals surface area contributed by atoms with Crippen molar-refractivity contribution in [1.82, 2.24) is 0 Å². The van der Waals surface area contributed by atoms with Crippen molar-refractivity contribution in [3.05, 3.63) is 49.2 Å². The van der Waals surface area contributed by atoms with Gasteiger partial charge in [-0.25, -0.2) is 0 Å². The molecule has 2 aromatic rings. The van der Waals surface area contributed by atoms with Crippen LogP contribution in [0.1, 0.15) is 0 Å². The Bertz CT molecular complexity index is 480. The molecule has 0 saturated carbocycles. The molecule has 1 radical (unpaired) electrons. The van der Waals surface area contributed by atoms with E-state index in [4.69, 9.17) is 4.74 Å². The SMILES string of the molecule is C=COc1cccc2c(O)cccc12.[Y]. The predicted octanol–water partition coefficient (Wildman–Crippen LogP) is 3.07. The summed E-state index contributed by atoms with van der Waals surface area (Å²) in [5.41, 5.74) is 0. The molecule has 0 amide bonds. The Labute approximate surface area is 113 Å². The van der Waals surface area contributed by atoms with E-state index < -0.39 is 0 Å². The Balaban J connectivity index is 0.00000112. The third kappa shape index (κ3) is 2.39. The monoisotopic (exact) mass is 275 g/mol. The number of fused-ring (bicyclic) bond motifs is 1. The Morgan fingerprint density at radius 3 is 2.47 bits per heavy atom. The van der Waals surface area contributed by atoms with E-state index in [-0.39, 0.29) is 38.5 Å². The van der Waals surface area contributed by atoms with Crippen molar-refractivity contribution >= 4 is 10.8 Å². The molecule has 0 saturated heterocycles. The first kappa shape index (κ1) is 12.2. The molecule has 2 nitrogen and oxygen atoms in total. The molecular formula is C12H10O2Y. The van der Waals surface area contributed by atoms with Gasteiger partial charge in [-0.05, 0) is 12.1 Å². The number of hydrogen-bond donors (Lipinski definition) is 1. The summed E-state index contributed by atoms with van der Waals surface area (Å²) < 4.78 is 5.23. The van der Waals surface area contributed by atoms with E-state index in [0.717, 1.165) is 10.8 Å². The summed E-state index contributed by atoms with van der Waals surface area (Å²) in [5.74, 6) is 0.963. The zero-order valence-corrected chi connectivity index (χ0v) is 11.0. The van der Waals surface area contributed by atoms with Crippen LogP contribution in [-0.4, -0.2) is 5.11 Å². The van der Waals surface area contributed by atoms with E-state index in [1.807, 2.05) is 24.3 Å². The third-order valence-electron chi connectivity index (χ3n) is 2.07. The van der Waals surface area contributed by atoms with Crippen LogP contribution in [0.15, 0.2) is 49.2 Å². The predicted molar refractivity (Wildman–Crippen MR) is 56.4 cm³/mol. The second-order valence-corrected chi connectivity index (χ2v) is 2.91. The molecule has 2 rings (SSSR count). The van der Waals surface area contributed by atoms with E-state index in [1.54, 1.807) is 12.1 Å². The average Bonchev–Trinajstić information content (AvgIpc) is 2.20. The average molecular weight is 275 g/mol. The van der Waals surface area contributed by atoms with Gasteiger partial charge in [0, 0.05) is 43.5 Å². The molecule has 3 heteroatoms. The molecule has 0 aliphatic rings. The largest absolute Gasteiger partial charge is 0.507 e. The van der Waals surface area contributed by atoms with Crippen LogP contribution in [0, 0.1) is 0 Å². The number of hydrogen-bond acceptors (Lipinski definition) is 2. The van der Waals surface area contributed by atoms with Gasteiger partial charge in [0.1, 0.15) is 11.5 Å². The van der Waals surface area contributed by atoms with Crippen molar-refractivity contribution in [3.63, 3.8) is 0 Å². The van der Waals surface area contributed by atoms with Gasteiger partial charge in [-0.3, -0.25) is 0 Å². The molecule has 0 heterocycles. The summed E-state index contributed by atoms with van der Waals surface area (Å²) in [5, 5.41) is 11.2. The van der Waals surface area contributed by atoms with Crippen molar-refractivity contribution in [1.29, 1.82) is 0 Å². The van der Waals surface area contributed by atoms with E-state index in [0.29, 0.717) is 5.75 Å². The molecule has 0 atom stereocenters. The number of benzene rings is 2. The number of phenolic OH excluding ortho intramolecular Hbond substituents is 1. The Morgan fingerprint density at radius 2 is 1.73 bits per heavy atom. The first-order chi connectivity index (χ1) is 6.83. The summed E-state index contributed by atoms with van der Waals surface area (Å²) in [6.45, 7) is 3.50. The molecule has 0 bridgehead atoms. The van der Waals surface area contributed by atoms with Crippen molar-refractivity contribution in [2.75, 3.05) is 0 Å². The van der Waals surface area contributed by atoms with Crippen LogP contribution in [0.3, 0.4) is 0 Å². The fourth-order valence-corrected chi connectivity index (χ4v) is 1.46. The van der Waals surface area contributed by atoms with Crippen LogP contribution in [0.25, 0.3) is 10.8 Å². The van der Waals surface area contributed by atoms with Crippen molar-refractivity contribution < 1.29 is 42.6 Å². The van der Waals surface area contributed by atoms with Crippen LogP contribution in [0.2, 0.25) is 0 Å². The quantitative estimate of drug-likeness (QED) is 0.853. The van der Waals surface area contributed by atoms with Gasteiger partial charge in [-0.15, -0.1) is 0 Å². The van der Waals surface area contributed by atoms with Crippen LogP contribution in [0.5, 0.6) is 11.5 Å². The van der Waals surface area contributed by atoms with Crippen molar-refractivity contribution in [3.8, 4) is 11.5 Å². The van der Waals surface area contributed by atoms with Crippen LogP contribution >= 0.6 is 0 Å². The summed E-state index contributed by atoms with van der Waals surface area (Å²) in [4.78, 5) is 0. The molecule has 1 N–H and O–H groups in total. The normalized spacial score (nSPS) is 9.33. The first-order valence-corrected chi connectivity index (χ1v) is 4.31. The molecule has 15 heavy (non-hydrogen) atoms. The molecule has 2 aromatic carbocycles. The third-order valence-corrected chi connectivity index (χ3v) is 2.07. The smallest absolute Gasteiger partial charge is 0.134 e. The van der Waals surface area contributed by atoms with Crippen LogP contribution in [0.4, 0.5) is 0 Å². The van der Waals surface area contributed by atoms with E-state index in [2.05, 4.69) is 6.58 Å². The number of phenols is 1. The summed E-state index contributed by atoms with van der Waals surface area (Å²) >= 11 is 0. The van der Waals surface area contributed by atoms with Gasteiger partial charge in [0.25, 0.3) is 0 Å². The molecule has 0 spiro atoms. The minimum atomic E-state index is 0. The second-order valence-electron chi connectivity index (χ2n) is 2.91. The Hall–Kier alpha value is -0.856. The summed E-state index contributed by atoms with van der Waals surface area (Å²) in [6.07, 6.45) is 1.37. The maximum Gasteiger partial charge on any atom is 0.134 e. The fraction of sp³-hybridized carbons (Fsp3) is 0. The van der Waals surface area contributed by atoms with E-state index in [1.165, 1.54) is 6.26 Å². The van der Waals surface area contributed by atoms with Gasteiger partial charge in [0.05, 0.1) is 6.26 Å². The molecule has 0 aromatic heterocycles. The van der Waals surface area contributed by atoms with Gasteiger partial charge in [0.2, 0.25) is 0 Å². The van der Waals surface area contributed by atoms with Gasteiger partial charge < -0.3 is 9.84 Å². The zero-order chi connectivity index (χ0) is 9.97. The van der Waals surface area contributed by atoms with E-state index >= 15 is 0 Å². The number of aromatic hydroxyl groups is 1. The number of rotatable bonds is 2. The summed E-state index contributed by atoms with van der Waals surface area (Å²) in [7, 11) is 0. The van der Waals surface area contributed by atoms with Crippen molar-refractivity contribution in [2.24, 2.45) is 0 Å². The van der Waals surface area contributed by atoms with Gasteiger partial charge in [-0.2, -0.15) is 0 Å². The summed E-state index contributed by atoms with van der Waals surface area (Å²) in [6, 6.07) is 10.9. The Morgan fingerprint density at radius 1 is 1.07 bits per heavy atom. The second kappa shape index (κ2) is 5.29. The van der Waals surface area contributed by atoms with Crippen LogP contribution in [-0.2, 0) is 32.7 Å².